The summed E-state index contributed by atoms with van der Waals surface area (Å²) in [6, 6.07) is 15.0. The molecule has 0 saturated carbocycles. The van der Waals surface area contributed by atoms with Crippen LogP contribution in [0, 0.1) is 11.6 Å². The van der Waals surface area contributed by atoms with Crippen LogP contribution in [-0.4, -0.2) is 21.4 Å². The molecule has 150 valence electrons. The number of hydrogen-bond donors (Lipinski definition) is 1. The fourth-order valence-electron chi connectivity index (χ4n) is 2.60. The first-order chi connectivity index (χ1) is 13.7. The highest BCUT2D eigenvalue weighted by Crippen LogP contribution is 2.24. The average molecular weight is 437 g/mol. The molecule has 0 heterocycles. The Morgan fingerprint density at radius 1 is 0.931 bits per heavy atom. The van der Waals surface area contributed by atoms with Gasteiger partial charge in [0, 0.05) is 29.0 Å². The van der Waals surface area contributed by atoms with Crippen molar-refractivity contribution in [3.05, 3.63) is 89.0 Å². The van der Waals surface area contributed by atoms with E-state index in [2.05, 4.69) is 4.72 Å². The molecule has 3 aromatic rings. The summed E-state index contributed by atoms with van der Waals surface area (Å²) >= 11 is 5.82. The van der Waals surface area contributed by atoms with Crippen molar-refractivity contribution in [3.63, 3.8) is 0 Å². The lowest BCUT2D eigenvalue weighted by atomic mass is 10.2. The fourth-order valence-corrected chi connectivity index (χ4v) is 3.93. The quantitative estimate of drug-likeness (QED) is 0.630. The highest BCUT2D eigenvalue weighted by atomic mass is 35.5. The Bertz CT molecular complexity index is 1130. The van der Waals surface area contributed by atoms with Crippen LogP contribution in [0.5, 0.6) is 0 Å². The van der Waals surface area contributed by atoms with Crippen molar-refractivity contribution in [1.29, 1.82) is 0 Å². The Labute approximate surface area is 171 Å². The van der Waals surface area contributed by atoms with Gasteiger partial charge in [-0.05, 0) is 60.7 Å². The predicted molar refractivity (Wildman–Crippen MR) is 108 cm³/mol. The van der Waals surface area contributed by atoms with Gasteiger partial charge in [-0.2, -0.15) is 0 Å². The smallest absolute Gasteiger partial charge is 0.267 e. The minimum atomic E-state index is -4.46. The molecule has 3 aromatic carbocycles. The number of nitrogens with zero attached hydrogens (tertiary/aromatic N) is 1. The van der Waals surface area contributed by atoms with Crippen LogP contribution in [0.15, 0.2) is 71.6 Å². The number of sulfonamides is 1. The maximum atomic E-state index is 13.8. The van der Waals surface area contributed by atoms with Gasteiger partial charge in [0.2, 0.25) is 0 Å². The van der Waals surface area contributed by atoms with E-state index in [1.165, 1.54) is 29.2 Å². The molecule has 5 nitrogen and oxygen atoms in total. The lowest BCUT2D eigenvalue weighted by molar-refractivity contribution is 0.0993. The van der Waals surface area contributed by atoms with E-state index in [1.807, 2.05) is 0 Å². The molecule has 29 heavy (non-hydrogen) atoms. The second-order valence-electron chi connectivity index (χ2n) is 6.07. The van der Waals surface area contributed by atoms with Crippen molar-refractivity contribution in [1.82, 2.24) is 0 Å². The summed E-state index contributed by atoms with van der Waals surface area (Å²) in [5.74, 6) is -2.67. The lowest BCUT2D eigenvalue weighted by Crippen LogP contribution is -2.26. The third kappa shape index (κ3) is 4.55. The maximum Gasteiger partial charge on any atom is 0.267 e. The van der Waals surface area contributed by atoms with Crippen molar-refractivity contribution < 1.29 is 22.0 Å². The highest BCUT2D eigenvalue weighted by molar-refractivity contribution is 7.92. The molecule has 0 spiro atoms. The number of carbonyl (C=O) groups excluding carboxylic acids is 1. The number of anilines is 2. The van der Waals surface area contributed by atoms with Crippen LogP contribution in [0.4, 0.5) is 20.2 Å². The first kappa shape index (κ1) is 20.8. The molecule has 0 aliphatic heterocycles. The van der Waals surface area contributed by atoms with E-state index in [-0.39, 0.29) is 11.6 Å². The van der Waals surface area contributed by atoms with Gasteiger partial charge in [-0.15, -0.1) is 0 Å². The van der Waals surface area contributed by atoms with Crippen LogP contribution in [-0.2, 0) is 10.0 Å². The summed E-state index contributed by atoms with van der Waals surface area (Å²) in [5, 5.41) is 0.507. The Kier molecular flexibility index (Phi) is 5.86. The molecule has 0 atom stereocenters. The van der Waals surface area contributed by atoms with E-state index in [0.29, 0.717) is 16.3 Å². The Hall–Kier alpha value is -2.97. The second kappa shape index (κ2) is 8.18. The normalized spacial score (nSPS) is 11.2. The zero-order valence-corrected chi connectivity index (χ0v) is 16.6. The van der Waals surface area contributed by atoms with E-state index >= 15 is 0 Å². The third-order valence-electron chi connectivity index (χ3n) is 4.09. The van der Waals surface area contributed by atoms with Gasteiger partial charge in [-0.1, -0.05) is 17.7 Å². The monoisotopic (exact) mass is 436 g/mol. The maximum absolute atomic E-state index is 13.8. The standard InChI is InChI=1S/C20H15ClF2N2O3S/c1-25(20(26)13-5-7-14(21)8-6-13)16-11-9-15(10-12-16)24-29(27,28)19-17(22)3-2-4-18(19)23/h2-12,24H,1H3. The van der Waals surface area contributed by atoms with Crippen LogP contribution in [0.1, 0.15) is 10.4 Å². The van der Waals surface area contributed by atoms with E-state index in [0.717, 1.165) is 18.2 Å². The van der Waals surface area contributed by atoms with Crippen molar-refractivity contribution in [2.45, 2.75) is 4.90 Å². The van der Waals surface area contributed by atoms with Gasteiger partial charge in [0.15, 0.2) is 4.90 Å². The number of nitrogens with one attached hydrogen (secondary N) is 1. The Morgan fingerprint density at radius 2 is 1.48 bits per heavy atom. The molecule has 0 aromatic heterocycles. The molecule has 0 radical (unpaired) electrons. The zero-order valence-electron chi connectivity index (χ0n) is 15.1. The van der Waals surface area contributed by atoms with Gasteiger partial charge in [-0.3, -0.25) is 9.52 Å². The van der Waals surface area contributed by atoms with Crippen molar-refractivity contribution in [2.75, 3.05) is 16.7 Å². The fraction of sp³-hybridized carbons (Fsp3) is 0.0500. The molecule has 0 bridgehead atoms. The number of carbonyl (C=O) groups is 1. The average Bonchev–Trinajstić information content (AvgIpc) is 2.67. The summed E-state index contributed by atoms with van der Waals surface area (Å²) in [4.78, 5) is 12.8. The molecule has 0 saturated heterocycles. The van der Waals surface area contributed by atoms with Gasteiger partial charge in [0.1, 0.15) is 11.6 Å². The van der Waals surface area contributed by atoms with Gasteiger partial charge in [0.25, 0.3) is 15.9 Å². The van der Waals surface area contributed by atoms with Gasteiger partial charge < -0.3 is 4.90 Å². The molecule has 1 N–H and O–H groups in total. The van der Waals surface area contributed by atoms with Crippen molar-refractivity contribution in [2.24, 2.45) is 0 Å². The summed E-state index contributed by atoms with van der Waals surface area (Å²) in [5.41, 5.74) is 1.01. The number of benzene rings is 3. The minimum absolute atomic E-state index is 0.0868. The van der Waals surface area contributed by atoms with E-state index in [1.54, 1.807) is 31.3 Å². The summed E-state index contributed by atoms with van der Waals surface area (Å²) in [7, 11) is -2.90. The summed E-state index contributed by atoms with van der Waals surface area (Å²) in [6.45, 7) is 0. The number of halogens is 3. The van der Waals surface area contributed by atoms with Crippen LogP contribution in [0.3, 0.4) is 0 Å². The molecule has 1 amide bonds. The topological polar surface area (TPSA) is 66.5 Å². The van der Waals surface area contributed by atoms with Crippen LogP contribution in [0.25, 0.3) is 0 Å². The third-order valence-corrected chi connectivity index (χ3v) is 5.77. The van der Waals surface area contributed by atoms with Gasteiger partial charge in [0.05, 0.1) is 0 Å². The Balaban J connectivity index is 1.79. The molecular formula is C20H15ClF2N2O3S. The number of amides is 1. The first-order valence-electron chi connectivity index (χ1n) is 8.29. The molecule has 3 rings (SSSR count). The number of rotatable bonds is 5. The van der Waals surface area contributed by atoms with Crippen molar-refractivity contribution >= 4 is 38.9 Å². The van der Waals surface area contributed by atoms with Gasteiger partial charge >= 0.3 is 0 Å². The molecule has 9 heteroatoms. The molecular weight excluding hydrogens is 422 g/mol. The predicted octanol–water partition coefficient (Wildman–Crippen LogP) is 4.70. The number of hydrogen-bond acceptors (Lipinski definition) is 3. The van der Waals surface area contributed by atoms with Crippen LogP contribution in [0.2, 0.25) is 5.02 Å². The molecule has 0 aliphatic carbocycles. The molecule has 0 aliphatic rings. The first-order valence-corrected chi connectivity index (χ1v) is 10.2. The lowest BCUT2D eigenvalue weighted by Gasteiger charge is -2.18. The van der Waals surface area contributed by atoms with Crippen LogP contribution >= 0.6 is 11.6 Å². The van der Waals surface area contributed by atoms with Crippen molar-refractivity contribution in [3.8, 4) is 0 Å². The zero-order chi connectivity index (χ0) is 21.2. The minimum Gasteiger partial charge on any atom is -0.311 e. The summed E-state index contributed by atoms with van der Waals surface area (Å²) < 4.78 is 54.3. The summed E-state index contributed by atoms with van der Waals surface area (Å²) in [6.07, 6.45) is 0. The highest BCUT2D eigenvalue weighted by Gasteiger charge is 2.24. The van der Waals surface area contributed by atoms with E-state index in [9.17, 15) is 22.0 Å². The van der Waals surface area contributed by atoms with E-state index < -0.39 is 26.6 Å². The van der Waals surface area contributed by atoms with E-state index in [4.69, 9.17) is 11.6 Å². The molecule has 0 unspecified atom stereocenters. The largest absolute Gasteiger partial charge is 0.311 e. The van der Waals surface area contributed by atoms with Gasteiger partial charge in [-0.25, -0.2) is 17.2 Å². The SMILES string of the molecule is CN(C(=O)c1ccc(Cl)cc1)c1ccc(NS(=O)(=O)c2c(F)cccc2F)cc1. The molecule has 0 fully saturated rings. The van der Waals surface area contributed by atoms with Crippen LogP contribution < -0.4 is 9.62 Å². The Morgan fingerprint density at radius 3 is 2.03 bits per heavy atom. The second-order valence-corrected chi connectivity index (χ2v) is 8.13.